The molecule has 3 heteroatoms. The number of carbonyl (C=O) groups is 1. The van der Waals surface area contributed by atoms with Crippen LogP contribution in [0.15, 0.2) is 0 Å². The van der Waals surface area contributed by atoms with Crippen molar-refractivity contribution in [3.05, 3.63) is 0 Å². The van der Waals surface area contributed by atoms with Gasteiger partial charge >= 0.3 is 0 Å². The van der Waals surface area contributed by atoms with Crippen LogP contribution in [0.25, 0.3) is 0 Å². The normalized spacial score (nSPS) is 11.7. The van der Waals surface area contributed by atoms with Gasteiger partial charge in [-0.2, -0.15) is 0 Å². The third-order valence-corrected chi connectivity index (χ3v) is 2.85. The molecule has 0 saturated carbocycles. The molecule has 0 unspecified atom stereocenters. The molecule has 0 saturated heterocycles. The molecule has 0 amide bonds. The fourth-order valence-electron chi connectivity index (χ4n) is 0.979. The SMILES string of the molecule is CCC(=O)CCCCO[Si](C)(C)C. The molecule has 2 nitrogen and oxygen atoms in total. The molecule has 13 heavy (non-hydrogen) atoms. The van der Waals surface area contributed by atoms with Gasteiger partial charge in [0.1, 0.15) is 5.78 Å². The van der Waals surface area contributed by atoms with Crippen LogP contribution in [-0.2, 0) is 9.22 Å². The van der Waals surface area contributed by atoms with Gasteiger partial charge in [0.2, 0.25) is 0 Å². The van der Waals surface area contributed by atoms with Gasteiger partial charge in [0, 0.05) is 19.4 Å². The summed E-state index contributed by atoms with van der Waals surface area (Å²) in [5.41, 5.74) is 0. The Bertz CT molecular complexity index is 149. The Morgan fingerprint density at radius 1 is 1.23 bits per heavy atom. The van der Waals surface area contributed by atoms with Crippen LogP contribution in [0.5, 0.6) is 0 Å². The summed E-state index contributed by atoms with van der Waals surface area (Å²) in [5.74, 6) is 0.369. The van der Waals surface area contributed by atoms with Gasteiger partial charge in [0.25, 0.3) is 0 Å². The topological polar surface area (TPSA) is 26.3 Å². The van der Waals surface area contributed by atoms with Crippen LogP contribution in [0.2, 0.25) is 19.6 Å². The number of ketones is 1. The van der Waals surface area contributed by atoms with E-state index in [-0.39, 0.29) is 0 Å². The molecule has 0 atom stereocenters. The van der Waals surface area contributed by atoms with Gasteiger partial charge in [-0.1, -0.05) is 6.92 Å². The van der Waals surface area contributed by atoms with Crippen LogP contribution in [0, 0.1) is 0 Å². The Balaban J connectivity index is 3.22. The predicted molar refractivity (Wildman–Crippen MR) is 58.4 cm³/mol. The second-order valence-electron chi connectivity index (χ2n) is 4.31. The predicted octanol–water partition coefficient (Wildman–Crippen LogP) is 2.99. The number of rotatable bonds is 7. The molecule has 0 aliphatic rings. The third kappa shape index (κ3) is 9.76. The van der Waals surface area contributed by atoms with E-state index in [1.165, 1.54) is 0 Å². The minimum absolute atomic E-state index is 0.369. The highest BCUT2D eigenvalue weighted by Crippen LogP contribution is 2.05. The average Bonchev–Trinajstić information content (AvgIpc) is 2.01. The Kier molecular flexibility index (Phi) is 6.25. The Labute approximate surface area is 82.8 Å². The van der Waals surface area contributed by atoms with E-state index in [1.54, 1.807) is 0 Å². The van der Waals surface area contributed by atoms with Crippen molar-refractivity contribution in [1.82, 2.24) is 0 Å². The van der Waals surface area contributed by atoms with Crippen molar-refractivity contribution >= 4 is 14.1 Å². The van der Waals surface area contributed by atoms with Crippen molar-refractivity contribution < 1.29 is 9.22 Å². The average molecular weight is 202 g/mol. The van der Waals surface area contributed by atoms with Crippen molar-refractivity contribution in [2.45, 2.75) is 52.2 Å². The minimum atomic E-state index is -1.33. The van der Waals surface area contributed by atoms with Crippen molar-refractivity contribution in [2.75, 3.05) is 6.61 Å². The lowest BCUT2D eigenvalue weighted by molar-refractivity contribution is -0.118. The molecule has 0 radical (unpaired) electrons. The van der Waals surface area contributed by atoms with Gasteiger partial charge in [-0.25, -0.2) is 0 Å². The molecule has 0 aromatic rings. The number of Topliss-reactive ketones (excluding diaryl/α,β-unsaturated/α-hetero) is 1. The van der Waals surface area contributed by atoms with E-state index in [2.05, 4.69) is 19.6 Å². The summed E-state index contributed by atoms with van der Waals surface area (Å²) in [6.45, 7) is 9.30. The molecule has 78 valence electrons. The first-order valence-corrected chi connectivity index (χ1v) is 8.52. The summed E-state index contributed by atoms with van der Waals surface area (Å²) < 4.78 is 5.67. The number of unbranched alkanes of at least 4 members (excludes halogenated alkanes) is 1. The Hall–Kier alpha value is -0.153. The quantitative estimate of drug-likeness (QED) is 0.468. The van der Waals surface area contributed by atoms with Gasteiger partial charge in [0.05, 0.1) is 0 Å². The van der Waals surface area contributed by atoms with E-state index < -0.39 is 8.32 Å². The number of carbonyl (C=O) groups excluding carboxylic acids is 1. The molecule has 0 aromatic carbocycles. The van der Waals surface area contributed by atoms with Gasteiger partial charge < -0.3 is 4.43 Å². The van der Waals surface area contributed by atoms with Crippen molar-refractivity contribution in [3.63, 3.8) is 0 Å². The second-order valence-corrected chi connectivity index (χ2v) is 8.82. The molecular formula is C10H22O2Si. The number of hydrogen-bond acceptors (Lipinski definition) is 2. The van der Waals surface area contributed by atoms with E-state index in [9.17, 15) is 4.79 Å². The Morgan fingerprint density at radius 3 is 2.31 bits per heavy atom. The highest BCUT2D eigenvalue weighted by Gasteiger charge is 2.12. The van der Waals surface area contributed by atoms with Crippen molar-refractivity contribution in [1.29, 1.82) is 0 Å². The zero-order valence-corrected chi connectivity index (χ0v) is 10.4. The minimum Gasteiger partial charge on any atom is -0.418 e. The monoisotopic (exact) mass is 202 g/mol. The highest BCUT2D eigenvalue weighted by atomic mass is 28.4. The molecule has 0 N–H and O–H groups in total. The van der Waals surface area contributed by atoms with Gasteiger partial charge in [0.15, 0.2) is 8.32 Å². The number of hydrogen-bond donors (Lipinski definition) is 0. The van der Waals surface area contributed by atoms with E-state index in [0.717, 1.165) is 25.9 Å². The summed E-state index contributed by atoms with van der Waals surface area (Å²) in [4.78, 5) is 10.9. The Morgan fingerprint density at radius 2 is 1.85 bits per heavy atom. The fraction of sp³-hybridized carbons (Fsp3) is 0.900. The first-order valence-electron chi connectivity index (χ1n) is 5.11. The fourth-order valence-corrected chi connectivity index (χ4v) is 1.74. The summed E-state index contributed by atoms with van der Waals surface area (Å²) >= 11 is 0. The van der Waals surface area contributed by atoms with E-state index in [1.807, 2.05) is 6.92 Å². The maximum Gasteiger partial charge on any atom is 0.183 e. The van der Waals surface area contributed by atoms with Crippen LogP contribution in [0.1, 0.15) is 32.6 Å². The molecule has 0 fully saturated rings. The lowest BCUT2D eigenvalue weighted by Gasteiger charge is -2.16. The molecule has 0 aromatic heterocycles. The van der Waals surface area contributed by atoms with Gasteiger partial charge in [-0.15, -0.1) is 0 Å². The smallest absolute Gasteiger partial charge is 0.183 e. The standard InChI is InChI=1S/C10H22O2Si/c1-5-10(11)8-6-7-9-12-13(2,3)4/h5-9H2,1-4H3. The van der Waals surface area contributed by atoms with E-state index in [4.69, 9.17) is 4.43 Å². The van der Waals surface area contributed by atoms with E-state index >= 15 is 0 Å². The summed E-state index contributed by atoms with van der Waals surface area (Å²) in [5, 5.41) is 0. The largest absolute Gasteiger partial charge is 0.418 e. The molecule has 0 spiro atoms. The van der Waals surface area contributed by atoms with Crippen molar-refractivity contribution in [3.8, 4) is 0 Å². The second kappa shape index (κ2) is 6.32. The maximum absolute atomic E-state index is 10.9. The van der Waals surface area contributed by atoms with Gasteiger partial charge in [-0.05, 0) is 32.5 Å². The van der Waals surface area contributed by atoms with Crippen LogP contribution in [-0.4, -0.2) is 20.7 Å². The summed E-state index contributed by atoms with van der Waals surface area (Å²) in [7, 11) is -1.33. The van der Waals surface area contributed by atoms with E-state index in [0.29, 0.717) is 12.2 Å². The lowest BCUT2D eigenvalue weighted by Crippen LogP contribution is -2.25. The van der Waals surface area contributed by atoms with Crippen LogP contribution >= 0.6 is 0 Å². The zero-order chi connectivity index (χ0) is 10.3. The summed E-state index contributed by atoms with van der Waals surface area (Å²) in [6, 6.07) is 0. The molecule has 0 bridgehead atoms. The van der Waals surface area contributed by atoms with Gasteiger partial charge in [-0.3, -0.25) is 4.79 Å². The zero-order valence-electron chi connectivity index (χ0n) is 9.35. The maximum atomic E-state index is 10.9. The molecule has 0 rings (SSSR count). The van der Waals surface area contributed by atoms with Crippen molar-refractivity contribution in [2.24, 2.45) is 0 Å². The molecule has 0 aliphatic heterocycles. The first-order chi connectivity index (χ1) is 5.95. The summed E-state index contributed by atoms with van der Waals surface area (Å²) in [6.07, 6.45) is 3.41. The lowest BCUT2D eigenvalue weighted by atomic mass is 10.1. The molecule has 0 heterocycles. The molecular weight excluding hydrogens is 180 g/mol. The van der Waals surface area contributed by atoms with Crippen LogP contribution in [0.3, 0.4) is 0 Å². The van der Waals surface area contributed by atoms with Crippen LogP contribution < -0.4 is 0 Å². The third-order valence-electron chi connectivity index (χ3n) is 1.78. The highest BCUT2D eigenvalue weighted by molar-refractivity contribution is 6.69. The molecule has 0 aliphatic carbocycles. The van der Waals surface area contributed by atoms with Crippen LogP contribution in [0.4, 0.5) is 0 Å². The first kappa shape index (κ1) is 12.8.